The quantitative estimate of drug-likeness (QED) is 0.733. The van der Waals surface area contributed by atoms with E-state index >= 15 is 0 Å². The summed E-state index contributed by atoms with van der Waals surface area (Å²) in [7, 11) is -3.36. The first kappa shape index (κ1) is 14.4. The van der Waals surface area contributed by atoms with Gasteiger partial charge < -0.3 is 11.1 Å². The van der Waals surface area contributed by atoms with Crippen LogP contribution in [0.1, 0.15) is 33.1 Å². The number of nitrogens with two attached hydrogens (primary N) is 1. The van der Waals surface area contributed by atoms with E-state index in [9.17, 15) is 13.2 Å². The SMILES string of the molecule is CC(C)NC(=O)CS(=O)(=O)C1CCCC1CN. The van der Waals surface area contributed by atoms with Crippen molar-refractivity contribution in [2.45, 2.75) is 44.4 Å². The van der Waals surface area contributed by atoms with Crippen LogP contribution in [0.3, 0.4) is 0 Å². The summed E-state index contributed by atoms with van der Waals surface area (Å²) in [4.78, 5) is 11.5. The van der Waals surface area contributed by atoms with Crippen molar-refractivity contribution in [1.29, 1.82) is 0 Å². The predicted octanol–water partition coefficient (Wildman–Crippen LogP) is 0.0532. The molecule has 1 saturated carbocycles. The zero-order valence-electron chi connectivity index (χ0n) is 10.5. The lowest BCUT2D eigenvalue weighted by Crippen LogP contribution is -2.40. The highest BCUT2D eigenvalue weighted by Crippen LogP contribution is 2.30. The van der Waals surface area contributed by atoms with Crippen LogP contribution in [0.4, 0.5) is 0 Å². The van der Waals surface area contributed by atoms with Gasteiger partial charge in [-0.3, -0.25) is 4.79 Å². The van der Waals surface area contributed by atoms with Crippen LogP contribution in [-0.4, -0.2) is 37.9 Å². The molecule has 0 aromatic rings. The average molecular weight is 262 g/mol. The lowest BCUT2D eigenvalue weighted by molar-refractivity contribution is -0.119. The Hall–Kier alpha value is -0.620. The first-order valence-electron chi connectivity index (χ1n) is 6.08. The Balaban J connectivity index is 2.65. The molecule has 2 atom stereocenters. The van der Waals surface area contributed by atoms with E-state index in [1.807, 2.05) is 13.8 Å². The molecule has 0 heterocycles. The van der Waals surface area contributed by atoms with Gasteiger partial charge in [0.25, 0.3) is 0 Å². The molecule has 3 N–H and O–H groups in total. The minimum atomic E-state index is -3.36. The summed E-state index contributed by atoms with van der Waals surface area (Å²) in [5, 5.41) is 2.18. The molecule has 0 bridgehead atoms. The molecule has 0 aliphatic heterocycles. The standard InChI is InChI=1S/C11H22N2O3S/c1-8(2)13-11(14)7-17(15,16)10-5-3-4-9(10)6-12/h8-10H,3-7,12H2,1-2H3,(H,13,14). The number of hydrogen-bond acceptors (Lipinski definition) is 4. The molecule has 5 nitrogen and oxygen atoms in total. The third-order valence-electron chi connectivity index (χ3n) is 3.14. The van der Waals surface area contributed by atoms with Crippen LogP contribution in [0.2, 0.25) is 0 Å². The average Bonchev–Trinajstić information content (AvgIpc) is 2.62. The van der Waals surface area contributed by atoms with Gasteiger partial charge in [-0.25, -0.2) is 8.42 Å². The van der Waals surface area contributed by atoms with Crippen LogP contribution in [0.15, 0.2) is 0 Å². The van der Waals surface area contributed by atoms with E-state index in [4.69, 9.17) is 5.73 Å². The van der Waals surface area contributed by atoms with Crippen LogP contribution in [0.5, 0.6) is 0 Å². The third kappa shape index (κ3) is 3.96. The Bertz CT molecular complexity index is 365. The number of carbonyl (C=O) groups excluding carboxylic acids is 1. The van der Waals surface area contributed by atoms with Crippen molar-refractivity contribution in [2.75, 3.05) is 12.3 Å². The highest BCUT2D eigenvalue weighted by Gasteiger charge is 2.37. The Morgan fingerprint density at radius 1 is 1.41 bits per heavy atom. The Kier molecular flexibility index (Phi) is 4.94. The lowest BCUT2D eigenvalue weighted by atomic mass is 10.1. The maximum Gasteiger partial charge on any atom is 0.235 e. The van der Waals surface area contributed by atoms with Crippen molar-refractivity contribution in [3.05, 3.63) is 0 Å². The smallest absolute Gasteiger partial charge is 0.235 e. The van der Waals surface area contributed by atoms with E-state index in [1.54, 1.807) is 0 Å². The second-order valence-corrected chi connectivity index (χ2v) is 7.21. The van der Waals surface area contributed by atoms with Crippen molar-refractivity contribution in [3.8, 4) is 0 Å². The van der Waals surface area contributed by atoms with Gasteiger partial charge in [0.2, 0.25) is 5.91 Å². The van der Waals surface area contributed by atoms with Crippen LogP contribution in [-0.2, 0) is 14.6 Å². The molecular formula is C11H22N2O3S. The van der Waals surface area contributed by atoms with Crippen LogP contribution in [0, 0.1) is 5.92 Å². The molecule has 17 heavy (non-hydrogen) atoms. The van der Waals surface area contributed by atoms with Gasteiger partial charge >= 0.3 is 0 Å². The van der Waals surface area contributed by atoms with E-state index in [1.165, 1.54) is 0 Å². The first-order chi connectivity index (χ1) is 7.86. The van der Waals surface area contributed by atoms with E-state index in [0.717, 1.165) is 12.8 Å². The fraction of sp³-hybridized carbons (Fsp3) is 0.909. The fourth-order valence-electron chi connectivity index (χ4n) is 2.40. The number of hydrogen-bond donors (Lipinski definition) is 2. The number of carbonyl (C=O) groups is 1. The van der Waals surface area contributed by atoms with Crippen molar-refractivity contribution >= 4 is 15.7 Å². The van der Waals surface area contributed by atoms with Gasteiger partial charge in [0, 0.05) is 6.04 Å². The van der Waals surface area contributed by atoms with E-state index in [2.05, 4.69) is 5.32 Å². The molecular weight excluding hydrogens is 240 g/mol. The van der Waals surface area contributed by atoms with Gasteiger partial charge in [0.05, 0.1) is 5.25 Å². The second-order valence-electron chi connectivity index (χ2n) is 4.99. The molecule has 100 valence electrons. The number of nitrogens with one attached hydrogen (secondary N) is 1. The van der Waals surface area contributed by atoms with Gasteiger partial charge in [0.1, 0.15) is 5.75 Å². The van der Waals surface area contributed by atoms with Crippen LogP contribution in [0.25, 0.3) is 0 Å². The third-order valence-corrected chi connectivity index (χ3v) is 5.34. The minimum Gasteiger partial charge on any atom is -0.353 e. The summed E-state index contributed by atoms with van der Waals surface area (Å²) in [6.07, 6.45) is 2.38. The van der Waals surface area contributed by atoms with Crippen molar-refractivity contribution in [3.63, 3.8) is 0 Å². The molecule has 2 unspecified atom stereocenters. The molecule has 0 saturated heterocycles. The van der Waals surface area contributed by atoms with Gasteiger partial charge in [-0.2, -0.15) is 0 Å². The van der Waals surface area contributed by atoms with Crippen molar-refractivity contribution in [2.24, 2.45) is 11.7 Å². The van der Waals surface area contributed by atoms with E-state index in [0.29, 0.717) is 13.0 Å². The fourth-order valence-corrected chi connectivity index (χ4v) is 4.42. The summed E-state index contributed by atoms with van der Waals surface area (Å²) in [6, 6.07) is -0.0356. The molecule has 1 rings (SSSR count). The topological polar surface area (TPSA) is 89.3 Å². The lowest BCUT2D eigenvalue weighted by Gasteiger charge is -2.18. The summed E-state index contributed by atoms with van der Waals surface area (Å²) >= 11 is 0. The van der Waals surface area contributed by atoms with Gasteiger partial charge in [-0.1, -0.05) is 6.42 Å². The number of sulfone groups is 1. The minimum absolute atomic E-state index is 0.0202. The predicted molar refractivity (Wildman–Crippen MR) is 67.2 cm³/mol. The van der Waals surface area contributed by atoms with Crippen LogP contribution < -0.4 is 11.1 Å². The zero-order valence-corrected chi connectivity index (χ0v) is 11.3. The molecule has 1 aliphatic rings. The maximum absolute atomic E-state index is 12.1. The van der Waals surface area contributed by atoms with Crippen molar-refractivity contribution in [1.82, 2.24) is 5.32 Å². The molecule has 0 radical (unpaired) electrons. The normalized spacial score (nSPS) is 25.2. The number of amides is 1. The monoisotopic (exact) mass is 262 g/mol. The second kappa shape index (κ2) is 5.82. The molecule has 1 aliphatic carbocycles. The molecule has 1 amide bonds. The van der Waals surface area contributed by atoms with E-state index < -0.39 is 26.7 Å². The largest absolute Gasteiger partial charge is 0.353 e. The molecule has 0 aromatic carbocycles. The Morgan fingerprint density at radius 3 is 2.59 bits per heavy atom. The Morgan fingerprint density at radius 2 is 2.06 bits per heavy atom. The van der Waals surface area contributed by atoms with Crippen molar-refractivity contribution < 1.29 is 13.2 Å². The maximum atomic E-state index is 12.1. The summed E-state index contributed by atoms with van der Waals surface area (Å²) in [6.45, 7) is 4.00. The van der Waals surface area contributed by atoms with Gasteiger partial charge in [-0.05, 0) is 39.2 Å². The van der Waals surface area contributed by atoms with Crippen LogP contribution >= 0.6 is 0 Å². The summed E-state index contributed by atoms with van der Waals surface area (Å²) in [5.74, 6) is -0.804. The number of rotatable bonds is 5. The van der Waals surface area contributed by atoms with E-state index in [-0.39, 0.29) is 12.0 Å². The van der Waals surface area contributed by atoms with Gasteiger partial charge in [-0.15, -0.1) is 0 Å². The molecule has 6 heteroatoms. The highest BCUT2D eigenvalue weighted by molar-refractivity contribution is 7.92. The first-order valence-corrected chi connectivity index (χ1v) is 7.79. The summed E-state index contributed by atoms with van der Waals surface area (Å²) in [5.41, 5.74) is 5.57. The van der Waals surface area contributed by atoms with Gasteiger partial charge in [0.15, 0.2) is 9.84 Å². The summed E-state index contributed by atoms with van der Waals surface area (Å²) < 4.78 is 24.2. The highest BCUT2D eigenvalue weighted by atomic mass is 32.2. The molecule has 0 spiro atoms. The molecule has 1 fully saturated rings. The zero-order chi connectivity index (χ0) is 13.1. The molecule has 0 aromatic heterocycles. The Labute approximate surface area is 103 Å².